The Bertz CT molecular complexity index is 383. The summed E-state index contributed by atoms with van der Waals surface area (Å²) in [5.74, 6) is 0. The van der Waals surface area contributed by atoms with E-state index in [9.17, 15) is 0 Å². The van der Waals surface area contributed by atoms with Crippen LogP contribution in [0.25, 0.3) is 0 Å². The van der Waals surface area contributed by atoms with Crippen molar-refractivity contribution in [1.82, 2.24) is 0 Å². The van der Waals surface area contributed by atoms with Crippen molar-refractivity contribution in [2.24, 2.45) is 11.5 Å². The van der Waals surface area contributed by atoms with Crippen LogP contribution in [0.3, 0.4) is 0 Å². The summed E-state index contributed by atoms with van der Waals surface area (Å²) >= 11 is 12.0. The van der Waals surface area contributed by atoms with Gasteiger partial charge in [0.15, 0.2) is 0 Å². The fourth-order valence-electron chi connectivity index (χ4n) is 2.51. The maximum atomic E-state index is 6.41. The van der Waals surface area contributed by atoms with E-state index in [1.165, 1.54) is 0 Å². The molecule has 0 atom stereocenters. The highest BCUT2D eigenvalue weighted by Crippen LogP contribution is 2.30. The van der Waals surface area contributed by atoms with E-state index in [1.807, 2.05) is 12.1 Å². The van der Waals surface area contributed by atoms with Crippen LogP contribution >= 0.6 is 48.0 Å². The third-order valence-corrected chi connectivity index (χ3v) is 3.94. The second-order valence-corrected chi connectivity index (χ2v) is 6.03. The van der Waals surface area contributed by atoms with Gasteiger partial charge in [0.1, 0.15) is 0 Å². The van der Waals surface area contributed by atoms with Crippen molar-refractivity contribution in [3.63, 3.8) is 0 Å². The molecule has 6 heteroatoms. The molecule has 1 saturated carbocycles. The van der Waals surface area contributed by atoms with E-state index in [0.717, 1.165) is 37.7 Å². The molecule has 0 heterocycles. The van der Waals surface area contributed by atoms with Crippen LogP contribution in [0.4, 0.5) is 0 Å². The molecule has 0 aliphatic heterocycles. The van der Waals surface area contributed by atoms with Crippen LogP contribution in [0.1, 0.15) is 31.2 Å². The van der Waals surface area contributed by atoms with Crippen molar-refractivity contribution in [3.05, 3.63) is 33.8 Å². The second-order valence-electron chi connectivity index (χ2n) is 5.15. The average molecular weight is 346 g/mol. The first-order valence-electron chi connectivity index (χ1n) is 5.96. The van der Waals surface area contributed by atoms with Gasteiger partial charge < -0.3 is 11.5 Å². The summed E-state index contributed by atoms with van der Waals surface area (Å²) < 4.78 is 0. The summed E-state index contributed by atoms with van der Waals surface area (Å²) in [6.45, 7) is 0. The van der Waals surface area contributed by atoms with Gasteiger partial charge in [0, 0.05) is 21.6 Å². The smallest absolute Gasteiger partial charge is 0.0423 e. The molecule has 1 aromatic rings. The molecule has 2 nitrogen and oxygen atoms in total. The SMILES string of the molecule is Cl.Cl.NC1CCC(N)(Cc2cc(Cl)cc(Cl)c2)CC1. The predicted molar refractivity (Wildman–Crippen MR) is 88.0 cm³/mol. The van der Waals surface area contributed by atoms with Gasteiger partial charge in [0.25, 0.3) is 0 Å². The van der Waals surface area contributed by atoms with Crippen LogP contribution < -0.4 is 11.5 Å². The molecular formula is C13H20Cl4N2. The molecule has 4 N–H and O–H groups in total. The number of halogens is 4. The highest BCUT2D eigenvalue weighted by molar-refractivity contribution is 6.34. The molecule has 0 aromatic heterocycles. The monoisotopic (exact) mass is 344 g/mol. The van der Waals surface area contributed by atoms with Gasteiger partial charge in [-0.15, -0.1) is 24.8 Å². The summed E-state index contributed by atoms with van der Waals surface area (Å²) in [6.07, 6.45) is 4.77. The van der Waals surface area contributed by atoms with Crippen LogP contribution in [-0.4, -0.2) is 11.6 Å². The zero-order valence-corrected chi connectivity index (χ0v) is 13.7. The largest absolute Gasteiger partial charge is 0.328 e. The Kier molecular flexibility index (Phi) is 8.04. The summed E-state index contributed by atoms with van der Waals surface area (Å²) in [7, 11) is 0. The van der Waals surface area contributed by atoms with E-state index in [0.29, 0.717) is 16.1 Å². The maximum absolute atomic E-state index is 6.41. The Morgan fingerprint density at radius 3 is 2.00 bits per heavy atom. The van der Waals surface area contributed by atoms with Gasteiger partial charge in [-0.1, -0.05) is 23.2 Å². The molecule has 1 fully saturated rings. The van der Waals surface area contributed by atoms with E-state index < -0.39 is 0 Å². The van der Waals surface area contributed by atoms with E-state index in [-0.39, 0.29) is 30.4 Å². The molecule has 1 aliphatic carbocycles. The number of hydrogen-bond acceptors (Lipinski definition) is 2. The number of hydrogen-bond donors (Lipinski definition) is 2. The molecule has 1 aromatic carbocycles. The molecule has 0 radical (unpaired) electrons. The molecule has 0 unspecified atom stereocenters. The Morgan fingerprint density at radius 1 is 1.05 bits per heavy atom. The fourth-order valence-corrected chi connectivity index (χ4v) is 3.08. The average Bonchev–Trinajstić information content (AvgIpc) is 2.21. The van der Waals surface area contributed by atoms with Crippen LogP contribution in [-0.2, 0) is 6.42 Å². The van der Waals surface area contributed by atoms with Crippen LogP contribution in [0.15, 0.2) is 18.2 Å². The van der Waals surface area contributed by atoms with E-state index >= 15 is 0 Å². The normalized spacial score (nSPS) is 26.2. The molecule has 2 rings (SSSR count). The summed E-state index contributed by atoms with van der Waals surface area (Å²) in [4.78, 5) is 0. The van der Waals surface area contributed by atoms with E-state index in [2.05, 4.69) is 0 Å². The van der Waals surface area contributed by atoms with Crippen molar-refractivity contribution < 1.29 is 0 Å². The van der Waals surface area contributed by atoms with Gasteiger partial charge in [0.2, 0.25) is 0 Å². The molecule has 110 valence electrons. The van der Waals surface area contributed by atoms with Gasteiger partial charge in [-0.25, -0.2) is 0 Å². The van der Waals surface area contributed by atoms with E-state index in [1.54, 1.807) is 6.07 Å². The summed E-state index contributed by atoms with van der Waals surface area (Å²) in [5.41, 5.74) is 13.3. The minimum Gasteiger partial charge on any atom is -0.328 e. The topological polar surface area (TPSA) is 52.0 Å². The number of nitrogens with two attached hydrogens (primary N) is 2. The highest BCUT2D eigenvalue weighted by Gasteiger charge is 2.30. The Hall–Kier alpha value is 0.300. The Labute approximate surface area is 137 Å². The molecule has 0 spiro atoms. The minimum absolute atomic E-state index is 0. The zero-order chi connectivity index (χ0) is 12.5. The summed E-state index contributed by atoms with van der Waals surface area (Å²) in [5, 5.41) is 1.34. The molecule has 0 saturated heterocycles. The van der Waals surface area contributed by atoms with Crippen LogP contribution in [0.5, 0.6) is 0 Å². The molecular weight excluding hydrogens is 326 g/mol. The van der Waals surface area contributed by atoms with Gasteiger partial charge in [-0.3, -0.25) is 0 Å². The van der Waals surface area contributed by atoms with Crippen molar-refractivity contribution in [1.29, 1.82) is 0 Å². The van der Waals surface area contributed by atoms with Crippen LogP contribution in [0, 0.1) is 0 Å². The van der Waals surface area contributed by atoms with Gasteiger partial charge >= 0.3 is 0 Å². The minimum atomic E-state index is -0.149. The third-order valence-electron chi connectivity index (χ3n) is 3.50. The lowest BCUT2D eigenvalue weighted by atomic mass is 9.77. The number of benzene rings is 1. The van der Waals surface area contributed by atoms with E-state index in [4.69, 9.17) is 34.7 Å². The first kappa shape index (κ1) is 19.3. The Morgan fingerprint density at radius 2 is 1.53 bits per heavy atom. The third kappa shape index (κ3) is 5.66. The van der Waals surface area contributed by atoms with Crippen molar-refractivity contribution in [2.75, 3.05) is 0 Å². The Balaban J connectivity index is 0.00000162. The summed E-state index contributed by atoms with van der Waals surface area (Å²) in [6, 6.07) is 5.94. The first-order valence-corrected chi connectivity index (χ1v) is 6.72. The quantitative estimate of drug-likeness (QED) is 0.851. The second kappa shape index (κ2) is 7.92. The van der Waals surface area contributed by atoms with Gasteiger partial charge in [-0.05, 0) is 55.9 Å². The van der Waals surface area contributed by atoms with Crippen molar-refractivity contribution >= 4 is 48.0 Å². The number of rotatable bonds is 2. The lowest BCUT2D eigenvalue weighted by Crippen LogP contribution is -2.47. The molecule has 19 heavy (non-hydrogen) atoms. The predicted octanol–water partition coefficient (Wildman–Crippen LogP) is 3.98. The zero-order valence-electron chi connectivity index (χ0n) is 10.6. The molecule has 0 bridgehead atoms. The standard InChI is InChI=1S/C13H18Cl2N2.2ClH/c14-10-5-9(6-11(15)7-10)8-13(17)3-1-12(16)2-4-13;;/h5-7,12H,1-4,8,16-17H2;2*1H. The molecule has 1 aliphatic rings. The lowest BCUT2D eigenvalue weighted by molar-refractivity contribution is 0.271. The lowest BCUT2D eigenvalue weighted by Gasteiger charge is -2.36. The van der Waals surface area contributed by atoms with Gasteiger partial charge in [0.05, 0.1) is 0 Å². The maximum Gasteiger partial charge on any atom is 0.0423 e. The van der Waals surface area contributed by atoms with Gasteiger partial charge in [-0.2, -0.15) is 0 Å². The first-order chi connectivity index (χ1) is 7.97. The van der Waals surface area contributed by atoms with Crippen molar-refractivity contribution in [2.45, 2.75) is 43.7 Å². The fraction of sp³-hybridized carbons (Fsp3) is 0.538. The van der Waals surface area contributed by atoms with Crippen molar-refractivity contribution in [3.8, 4) is 0 Å². The van der Waals surface area contributed by atoms with Crippen LogP contribution in [0.2, 0.25) is 10.0 Å². The highest BCUT2D eigenvalue weighted by atomic mass is 35.5. The molecule has 0 amide bonds.